The molecule has 78 valence electrons. The van der Waals surface area contributed by atoms with Crippen molar-refractivity contribution in [1.29, 1.82) is 0 Å². The molecule has 0 aromatic carbocycles. The van der Waals surface area contributed by atoms with Crippen LogP contribution in [0.25, 0.3) is 0 Å². The molecule has 0 amide bonds. The first-order chi connectivity index (χ1) is 6.61. The van der Waals surface area contributed by atoms with Crippen LogP contribution in [0.2, 0.25) is 0 Å². The molecule has 1 N–H and O–H groups in total. The highest BCUT2D eigenvalue weighted by Gasteiger charge is 1.95. The summed E-state index contributed by atoms with van der Waals surface area (Å²) in [6, 6.07) is 0. The zero-order chi connectivity index (χ0) is 11.0. The van der Waals surface area contributed by atoms with Crippen LogP contribution in [-0.4, -0.2) is 19.8 Å². The van der Waals surface area contributed by atoms with E-state index >= 15 is 0 Å². The fourth-order valence-electron chi connectivity index (χ4n) is 0.992. The highest BCUT2D eigenvalue weighted by Crippen LogP contribution is 2.05. The molecular weight excluding hydrogens is 172 g/mol. The molecule has 14 heavy (non-hydrogen) atoms. The number of allylic oxidation sites excluding steroid dienone is 2. The Labute approximate surface area is 87.1 Å². The van der Waals surface area contributed by atoms with Crippen molar-refractivity contribution in [2.24, 2.45) is 4.99 Å². The first-order valence-electron chi connectivity index (χ1n) is 4.84. The van der Waals surface area contributed by atoms with E-state index in [0.29, 0.717) is 0 Å². The molecule has 0 aromatic rings. The summed E-state index contributed by atoms with van der Waals surface area (Å²) in [5, 5.41) is 3.20. The quantitative estimate of drug-likeness (QED) is 0.508. The van der Waals surface area contributed by atoms with Gasteiger partial charge in [-0.15, -0.1) is 0 Å². The molecule has 2 nitrogen and oxygen atoms in total. The van der Waals surface area contributed by atoms with Crippen LogP contribution < -0.4 is 5.32 Å². The second-order valence-electron chi connectivity index (χ2n) is 3.21. The van der Waals surface area contributed by atoms with Gasteiger partial charge in [0.2, 0.25) is 0 Å². The van der Waals surface area contributed by atoms with Gasteiger partial charge in [-0.05, 0) is 30.6 Å². The Kier molecular flexibility index (Phi) is 6.46. The van der Waals surface area contributed by atoms with E-state index in [2.05, 4.69) is 30.4 Å². The minimum absolute atomic E-state index is 0.885. The molecule has 0 aliphatic heterocycles. The third-order valence-electron chi connectivity index (χ3n) is 1.71. The summed E-state index contributed by atoms with van der Waals surface area (Å²) in [6.45, 7) is 12.9. The molecule has 0 aliphatic carbocycles. The van der Waals surface area contributed by atoms with E-state index in [4.69, 9.17) is 0 Å². The molecule has 0 fully saturated rings. The summed E-state index contributed by atoms with van der Waals surface area (Å²) in [5.74, 6) is 0. The number of aliphatic imine (C=N–C) groups is 1. The summed E-state index contributed by atoms with van der Waals surface area (Å²) in [4.78, 5) is 3.93. The number of hydrogen-bond donors (Lipinski definition) is 1. The van der Waals surface area contributed by atoms with Crippen molar-refractivity contribution in [1.82, 2.24) is 5.32 Å². The largest absolute Gasteiger partial charge is 0.385 e. The molecule has 0 aliphatic rings. The highest BCUT2D eigenvalue weighted by atomic mass is 14.9. The van der Waals surface area contributed by atoms with Crippen LogP contribution >= 0.6 is 0 Å². The smallest absolute Gasteiger partial charge is 0.0334 e. The lowest BCUT2D eigenvalue weighted by molar-refractivity contribution is 0.782. The van der Waals surface area contributed by atoms with Gasteiger partial charge >= 0.3 is 0 Å². The Morgan fingerprint density at radius 2 is 2.07 bits per heavy atom. The Morgan fingerprint density at radius 3 is 2.57 bits per heavy atom. The van der Waals surface area contributed by atoms with Gasteiger partial charge in [-0.1, -0.05) is 20.1 Å². The highest BCUT2D eigenvalue weighted by molar-refractivity contribution is 5.78. The Morgan fingerprint density at radius 1 is 1.43 bits per heavy atom. The molecule has 0 rings (SSSR count). The Bertz CT molecular complexity index is 259. The first kappa shape index (κ1) is 12.7. The molecule has 0 spiro atoms. The summed E-state index contributed by atoms with van der Waals surface area (Å²) in [6.07, 6.45) is 4.86. The van der Waals surface area contributed by atoms with Crippen LogP contribution in [0, 0.1) is 0 Å². The molecule has 0 saturated carbocycles. The molecule has 0 bridgehead atoms. The van der Waals surface area contributed by atoms with Crippen LogP contribution in [0.4, 0.5) is 0 Å². The number of nitrogens with one attached hydrogen (secondary N) is 1. The number of nitrogens with zero attached hydrogens (tertiary/aromatic N) is 1. The van der Waals surface area contributed by atoms with Crippen molar-refractivity contribution in [3.05, 3.63) is 36.1 Å². The molecule has 0 unspecified atom stereocenters. The maximum absolute atomic E-state index is 3.93. The maximum Gasteiger partial charge on any atom is 0.0334 e. The van der Waals surface area contributed by atoms with Crippen LogP contribution in [0.1, 0.15) is 20.3 Å². The Hall–Kier alpha value is -1.31. The molecule has 0 saturated heterocycles. The van der Waals surface area contributed by atoms with Gasteiger partial charge in [0.15, 0.2) is 0 Å². The van der Waals surface area contributed by atoms with Gasteiger partial charge in [-0.2, -0.15) is 0 Å². The molecule has 2 heteroatoms. The lowest BCUT2D eigenvalue weighted by atomic mass is 10.1. The second kappa shape index (κ2) is 7.13. The van der Waals surface area contributed by atoms with Gasteiger partial charge in [-0.3, -0.25) is 4.99 Å². The van der Waals surface area contributed by atoms with Crippen molar-refractivity contribution in [2.75, 3.05) is 13.6 Å². The second-order valence-corrected chi connectivity index (χ2v) is 3.21. The normalized spacial score (nSPS) is 11.8. The third-order valence-corrected chi connectivity index (χ3v) is 1.71. The van der Waals surface area contributed by atoms with E-state index in [0.717, 1.165) is 29.8 Å². The summed E-state index contributed by atoms with van der Waals surface area (Å²) in [7, 11) is 1.75. The minimum Gasteiger partial charge on any atom is -0.385 e. The van der Waals surface area contributed by atoms with Crippen LogP contribution in [0.15, 0.2) is 41.1 Å². The average molecular weight is 192 g/mol. The average Bonchev–Trinajstić information content (AvgIpc) is 2.14. The molecule has 0 atom stereocenters. The number of rotatable bonds is 6. The van der Waals surface area contributed by atoms with Crippen molar-refractivity contribution < 1.29 is 0 Å². The third kappa shape index (κ3) is 5.36. The standard InChI is InChI=1S/C12H20N2/c1-6-7-14-12(4)11(3)8-10(2)9-13-5/h8-9,14H,3-4,6-7H2,1-2,5H3/b10-8-,13-9-. The maximum atomic E-state index is 3.93. The first-order valence-corrected chi connectivity index (χ1v) is 4.84. The van der Waals surface area contributed by atoms with Crippen molar-refractivity contribution >= 4 is 6.21 Å². The van der Waals surface area contributed by atoms with Gasteiger partial charge in [-0.25, -0.2) is 0 Å². The zero-order valence-corrected chi connectivity index (χ0v) is 9.43. The fraction of sp³-hybridized carbons (Fsp3) is 0.417. The van der Waals surface area contributed by atoms with Crippen LogP contribution in [0.5, 0.6) is 0 Å². The molecule has 0 heterocycles. The van der Waals surface area contributed by atoms with E-state index in [1.54, 1.807) is 13.3 Å². The van der Waals surface area contributed by atoms with Crippen LogP contribution in [-0.2, 0) is 0 Å². The lowest BCUT2D eigenvalue weighted by Crippen LogP contribution is -2.13. The van der Waals surface area contributed by atoms with Gasteiger partial charge in [0, 0.05) is 25.5 Å². The SMILES string of the molecule is C=C(/C=C(C)\C=N/C)C(=C)NCCC. The van der Waals surface area contributed by atoms with E-state index in [-0.39, 0.29) is 0 Å². The zero-order valence-electron chi connectivity index (χ0n) is 9.43. The van der Waals surface area contributed by atoms with E-state index < -0.39 is 0 Å². The van der Waals surface area contributed by atoms with Crippen LogP contribution in [0.3, 0.4) is 0 Å². The fourth-order valence-corrected chi connectivity index (χ4v) is 0.992. The molecule has 0 aromatic heterocycles. The molecule has 0 radical (unpaired) electrons. The minimum atomic E-state index is 0.885. The topological polar surface area (TPSA) is 24.4 Å². The van der Waals surface area contributed by atoms with E-state index in [9.17, 15) is 0 Å². The van der Waals surface area contributed by atoms with Gasteiger partial charge in [0.05, 0.1) is 0 Å². The Balaban J connectivity index is 4.20. The van der Waals surface area contributed by atoms with Gasteiger partial charge in [0.1, 0.15) is 0 Å². The summed E-state index contributed by atoms with van der Waals surface area (Å²) in [5.41, 5.74) is 2.88. The summed E-state index contributed by atoms with van der Waals surface area (Å²) >= 11 is 0. The van der Waals surface area contributed by atoms with Crippen molar-refractivity contribution in [3.63, 3.8) is 0 Å². The van der Waals surface area contributed by atoms with Crippen molar-refractivity contribution in [3.8, 4) is 0 Å². The molecular formula is C12H20N2. The van der Waals surface area contributed by atoms with E-state index in [1.165, 1.54) is 0 Å². The van der Waals surface area contributed by atoms with Crippen molar-refractivity contribution in [2.45, 2.75) is 20.3 Å². The van der Waals surface area contributed by atoms with Gasteiger partial charge < -0.3 is 5.32 Å². The number of hydrogen-bond acceptors (Lipinski definition) is 2. The van der Waals surface area contributed by atoms with E-state index in [1.807, 2.05) is 13.0 Å². The predicted molar refractivity (Wildman–Crippen MR) is 64.7 cm³/mol. The predicted octanol–water partition coefficient (Wildman–Crippen LogP) is 2.70. The lowest BCUT2D eigenvalue weighted by Gasteiger charge is -2.08. The monoisotopic (exact) mass is 192 g/mol. The summed E-state index contributed by atoms with van der Waals surface area (Å²) < 4.78 is 0. The van der Waals surface area contributed by atoms with Gasteiger partial charge in [0.25, 0.3) is 0 Å².